The van der Waals surface area contributed by atoms with Crippen molar-refractivity contribution < 1.29 is 39.1 Å². The number of urea groups is 1. The minimum atomic E-state index is -0.942. The van der Waals surface area contributed by atoms with Crippen LogP contribution in [0.25, 0.3) is 0 Å². The van der Waals surface area contributed by atoms with Crippen LogP contribution in [0, 0.1) is 0 Å². The van der Waals surface area contributed by atoms with E-state index in [1.807, 2.05) is 5.32 Å². The van der Waals surface area contributed by atoms with Crippen LogP contribution in [-0.2, 0) is 17.4 Å². The van der Waals surface area contributed by atoms with Gasteiger partial charge >= 0.3 is 35.6 Å². The summed E-state index contributed by atoms with van der Waals surface area (Å²) in [4.78, 5) is 20.6. The van der Waals surface area contributed by atoms with Crippen LogP contribution in [0.2, 0.25) is 0 Å². The average molecular weight is 167 g/mol. The third kappa shape index (κ3) is 2.37. The molecule has 0 saturated carbocycles. The van der Waals surface area contributed by atoms with Crippen LogP contribution in [0.15, 0.2) is 10.2 Å². The van der Waals surface area contributed by atoms with Crippen LogP contribution in [0.4, 0.5) is 4.79 Å². The molecule has 0 aliphatic carbocycles. The molecule has 0 radical (unpaired) electrons. The summed E-state index contributed by atoms with van der Waals surface area (Å²) in [5.41, 5.74) is 0. The zero-order valence-electron chi connectivity index (χ0n) is 5.20. The van der Waals surface area contributed by atoms with Crippen LogP contribution in [-0.4, -0.2) is 17.3 Å². The third-order valence-corrected chi connectivity index (χ3v) is 1.02. The molecule has 1 aliphatic heterocycles. The van der Waals surface area contributed by atoms with Gasteiger partial charge in [0, 0.05) is 5.37 Å². The van der Waals surface area contributed by atoms with Crippen molar-refractivity contribution in [2.75, 3.05) is 0 Å². The van der Waals surface area contributed by atoms with Crippen molar-refractivity contribution in [2.24, 2.45) is 10.2 Å². The summed E-state index contributed by atoms with van der Waals surface area (Å²) in [6.45, 7) is 0. The predicted octanol–water partition coefficient (Wildman–Crippen LogP) is -3.43. The molecule has 0 fully saturated rings. The van der Waals surface area contributed by atoms with Gasteiger partial charge in [-0.25, -0.2) is 4.79 Å². The predicted molar refractivity (Wildman–Crippen MR) is 29.5 cm³/mol. The molecule has 0 aromatic carbocycles. The number of amides is 3. The standard InChI is InChI=1S/C3H3N3O2S.Na/c7-1-2(9)5-6-3(8)4-1;/h2,9H,(H,4,7,8);/q;+1/p-1. The Morgan fingerprint density at radius 3 is 2.50 bits per heavy atom. The Bertz CT molecular complexity index is 194. The Morgan fingerprint density at radius 2 is 2.10 bits per heavy atom. The minimum Gasteiger partial charge on any atom is -0.755 e. The molecule has 1 aliphatic rings. The fourth-order valence-electron chi connectivity index (χ4n) is 0.349. The largest absolute Gasteiger partial charge is 1.00 e. The molecule has 0 bridgehead atoms. The van der Waals surface area contributed by atoms with Crippen LogP contribution >= 0.6 is 0 Å². The van der Waals surface area contributed by atoms with Gasteiger partial charge in [-0.1, -0.05) is 5.11 Å². The summed E-state index contributed by atoms with van der Waals surface area (Å²) in [6.07, 6.45) is 0. The summed E-state index contributed by atoms with van der Waals surface area (Å²) in [7, 11) is 0. The molecule has 1 rings (SSSR count). The van der Waals surface area contributed by atoms with E-state index in [-0.39, 0.29) is 29.6 Å². The van der Waals surface area contributed by atoms with Gasteiger partial charge in [0.05, 0.1) is 0 Å². The van der Waals surface area contributed by atoms with Gasteiger partial charge in [0.1, 0.15) is 0 Å². The number of nitrogens with one attached hydrogen (secondary N) is 1. The Balaban J connectivity index is 0.000000810. The maximum absolute atomic E-state index is 10.4. The van der Waals surface area contributed by atoms with Gasteiger partial charge in [0.15, 0.2) is 0 Å². The summed E-state index contributed by atoms with van der Waals surface area (Å²) in [6, 6.07) is -0.749. The number of imide groups is 1. The first-order valence-corrected chi connectivity index (χ1v) is 2.59. The molecule has 1 heterocycles. The van der Waals surface area contributed by atoms with E-state index in [4.69, 9.17) is 0 Å². The van der Waals surface area contributed by atoms with Crippen molar-refractivity contribution in [2.45, 2.75) is 5.37 Å². The average Bonchev–Trinajstić information content (AvgIpc) is 1.80. The SMILES string of the molecule is O=C1N=NC([S-])C(=O)N1.[Na+]. The summed E-state index contributed by atoms with van der Waals surface area (Å²) < 4.78 is 0. The second kappa shape index (κ2) is 4.07. The van der Waals surface area contributed by atoms with E-state index in [1.165, 1.54) is 0 Å². The van der Waals surface area contributed by atoms with Gasteiger partial charge in [-0.15, -0.1) is 0 Å². The third-order valence-electron chi connectivity index (χ3n) is 0.708. The monoisotopic (exact) mass is 167 g/mol. The van der Waals surface area contributed by atoms with E-state index in [0.29, 0.717) is 0 Å². The first-order chi connectivity index (χ1) is 4.20. The van der Waals surface area contributed by atoms with E-state index >= 15 is 0 Å². The fraction of sp³-hybridized carbons (Fsp3) is 0.333. The molecular formula is C3H2N3NaO2S. The number of carbonyl (C=O) groups excluding carboxylic acids is 2. The second-order valence-corrected chi connectivity index (χ2v) is 1.81. The summed E-state index contributed by atoms with van der Waals surface area (Å²) >= 11 is 4.44. The maximum Gasteiger partial charge on any atom is 1.00 e. The second-order valence-electron chi connectivity index (χ2n) is 1.36. The van der Waals surface area contributed by atoms with Crippen molar-refractivity contribution >= 4 is 24.6 Å². The molecule has 1 unspecified atom stereocenters. The molecule has 5 nitrogen and oxygen atoms in total. The molecule has 0 spiro atoms. The van der Waals surface area contributed by atoms with Gasteiger partial charge in [0.2, 0.25) is 5.91 Å². The molecule has 1 atom stereocenters. The molecule has 0 saturated heterocycles. The summed E-state index contributed by atoms with van der Waals surface area (Å²) in [5.74, 6) is -0.579. The first-order valence-electron chi connectivity index (χ1n) is 2.11. The molecule has 48 valence electrons. The Morgan fingerprint density at radius 1 is 1.50 bits per heavy atom. The molecule has 1 N–H and O–H groups in total. The van der Waals surface area contributed by atoms with Gasteiger partial charge in [0.25, 0.3) is 0 Å². The number of nitrogens with zero attached hydrogens (tertiary/aromatic N) is 2. The van der Waals surface area contributed by atoms with Crippen LogP contribution in [0.3, 0.4) is 0 Å². The number of azo groups is 1. The molecule has 3 amide bonds. The quantitative estimate of drug-likeness (QED) is 0.301. The van der Waals surface area contributed by atoms with Gasteiger partial charge in [-0.3, -0.25) is 10.1 Å². The Labute approximate surface area is 84.4 Å². The molecule has 0 aromatic heterocycles. The molecule has 10 heavy (non-hydrogen) atoms. The van der Waals surface area contributed by atoms with E-state index < -0.39 is 17.3 Å². The zero-order chi connectivity index (χ0) is 6.85. The topological polar surface area (TPSA) is 70.9 Å². The zero-order valence-corrected chi connectivity index (χ0v) is 8.01. The number of hydrogen-bond acceptors (Lipinski definition) is 4. The van der Waals surface area contributed by atoms with E-state index in [9.17, 15) is 9.59 Å². The van der Waals surface area contributed by atoms with Crippen molar-refractivity contribution in [3.05, 3.63) is 0 Å². The molecule has 0 aromatic rings. The number of hydrogen-bond donors (Lipinski definition) is 1. The van der Waals surface area contributed by atoms with Gasteiger partial charge in [-0.2, -0.15) is 5.11 Å². The van der Waals surface area contributed by atoms with Crippen LogP contribution < -0.4 is 34.9 Å². The van der Waals surface area contributed by atoms with Crippen molar-refractivity contribution in [1.29, 1.82) is 0 Å². The van der Waals surface area contributed by atoms with Crippen LogP contribution in [0.1, 0.15) is 0 Å². The van der Waals surface area contributed by atoms with E-state index in [0.717, 1.165) is 0 Å². The van der Waals surface area contributed by atoms with Crippen molar-refractivity contribution in [3.8, 4) is 0 Å². The van der Waals surface area contributed by atoms with Gasteiger partial charge in [-0.05, 0) is 0 Å². The van der Waals surface area contributed by atoms with E-state index in [2.05, 4.69) is 22.9 Å². The smallest absolute Gasteiger partial charge is 0.755 e. The van der Waals surface area contributed by atoms with Gasteiger partial charge < -0.3 is 12.6 Å². The maximum atomic E-state index is 10.4. The van der Waals surface area contributed by atoms with Crippen molar-refractivity contribution in [3.63, 3.8) is 0 Å². The number of carbonyl (C=O) groups is 2. The normalized spacial score (nSPS) is 23.5. The fourth-order valence-corrected chi connectivity index (χ4v) is 0.456. The van der Waals surface area contributed by atoms with Crippen molar-refractivity contribution in [1.82, 2.24) is 5.32 Å². The minimum absolute atomic E-state index is 0. The Hall–Kier alpha value is 0.0900. The summed E-state index contributed by atoms with van der Waals surface area (Å²) in [5, 5.41) is 7.13. The Kier molecular flexibility index (Phi) is 4.11. The number of rotatable bonds is 0. The molecule has 7 heteroatoms. The first kappa shape index (κ1) is 10.1. The van der Waals surface area contributed by atoms with E-state index in [1.54, 1.807) is 0 Å². The van der Waals surface area contributed by atoms with Crippen LogP contribution in [0.5, 0.6) is 0 Å². The molecular weight excluding hydrogens is 165 g/mol.